The Morgan fingerprint density at radius 3 is 2.53 bits per heavy atom. The maximum absolute atomic E-state index is 13.1. The maximum atomic E-state index is 13.1. The van der Waals surface area contributed by atoms with Gasteiger partial charge in [-0.1, -0.05) is 15.9 Å². The minimum atomic E-state index is -0.281. The van der Waals surface area contributed by atoms with Gasteiger partial charge in [0.05, 0.1) is 0 Å². The summed E-state index contributed by atoms with van der Waals surface area (Å²) in [5.41, 5.74) is 0. The van der Waals surface area contributed by atoms with Crippen molar-refractivity contribution in [3.8, 4) is 5.75 Å². The van der Waals surface area contributed by atoms with Crippen LogP contribution in [0.4, 0.5) is 4.39 Å². The summed E-state index contributed by atoms with van der Waals surface area (Å²) < 4.78 is 19.3. The molecule has 1 aromatic rings. The minimum absolute atomic E-state index is 0. The molecule has 0 aromatic heterocycles. The standard InChI is InChI=1S/C12H16BrFN2O.2ClH/c13-10-7-11(14)9-12(8-10)17-6-5-16-3-1-15-2-4-16;;/h7-9,15H,1-6H2;2*1H. The van der Waals surface area contributed by atoms with Crippen LogP contribution in [-0.4, -0.2) is 44.2 Å². The average molecular weight is 376 g/mol. The topological polar surface area (TPSA) is 24.5 Å². The molecule has 1 fully saturated rings. The second-order valence-corrected chi connectivity index (χ2v) is 4.96. The van der Waals surface area contributed by atoms with Crippen LogP contribution in [0.1, 0.15) is 0 Å². The van der Waals surface area contributed by atoms with Gasteiger partial charge >= 0.3 is 0 Å². The Hall–Kier alpha value is -0.0700. The van der Waals surface area contributed by atoms with E-state index in [4.69, 9.17) is 4.74 Å². The van der Waals surface area contributed by atoms with Crippen molar-refractivity contribution in [1.82, 2.24) is 10.2 Å². The van der Waals surface area contributed by atoms with Gasteiger partial charge in [0.1, 0.15) is 18.2 Å². The first kappa shape index (κ1) is 18.9. The lowest BCUT2D eigenvalue weighted by atomic mass is 10.3. The monoisotopic (exact) mass is 374 g/mol. The molecule has 0 amide bonds. The molecular weight excluding hydrogens is 358 g/mol. The Morgan fingerprint density at radius 1 is 1.21 bits per heavy atom. The normalized spacial score (nSPS) is 15.3. The summed E-state index contributed by atoms with van der Waals surface area (Å²) in [6, 6.07) is 4.60. The first-order chi connectivity index (χ1) is 8.24. The predicted molar refractivity (Wildman–Crippen MR) is 83.4 cm³/mol. The van der Waals surface area contributed by atoms with Crippen molar-refractivity contribution in [3.05, 3.63) is 28.5 Å². The van der Waals surface area contributed by atoms with E-state index in [2.05, 4.69) is 26.1 Å². The summed E-state index contributed by atoms with van der Waals surface area (Å²) in [6.45, 7) is 5.65. The van der Waals surface area contributed by atoms with E-state index < -0.39 is 0 Å². The highest BCUT2D eigenvalue weighted by Gasteiger charge is 2.09. The molecule has 1 aliphatic heterocycles. The van der Waals surface area contributed by atoms with Crippen LogP contribution < -0.4 is 10.1 Å². The zero-order valence-corrected chi connectivity index (χ0v) is 13.6. The van der Waals surface area contributed by atoms with Crippen LogP contribution in [-0.2, 0) is 0 Å². The molecule has 1 heterocycles. The molecule has 1 saturated heterocycles. The molecule has 1 aliphatic rings. The van der Waals surface area contributed by atoms with Gasteiger partial charge in [-0.25, -0.2) is 4.39 Å². The highest BCUT2D eigenvalue weighted by Crippen LogP contribution is 2.20. The number of rotatable bonds is 4. The molecule has 1 aromatic carbocycles. The number of halogens is 4. The van der Waals surface area contributed by atoms with Crippen molar-refractivity contribution >= 4 is 40.7 Å². The fourth-order valence-electron chi connectivity index (χ4n) is 1.84. The van der Waals surface area contributed by atoms with Gasteiger partial charge in [0, 0.05) is 43.3 Å². The zero-order valence-electron chi connectivity index (χ0n) is 10.4. The second kappa shape index (κ2) is 9.77. The number of nitrogens with zero attached hydrogens (tertiary/aromatic N) is 1. The van der Waals surface area contributed by atoms with Gasteiger partial charge in [0.25, 0.3) is 0 Å². The number of benzene rings is 1. The summed E-state index contributed by atoms with van der Waals surface area (Å²) in [6.07, 6.45) is 0. The Kier molecular flexibility index (Phi) is 9.74. The average Bonchev–Trinajstić information content (AvgIpc) is 2.29. The largest absolute Gasteiger partial charge is 0.492 e. The van der Waals surface area contributed by atoms with Crippen molar-refractivity contribution in [3.63, 3.8) is 0 Å². The number of piperazine rings is 1. The molecule has 0 radical (unpaired) electrons. The Labute approximate surface area is 133 Å². The van der Waals surface area contributed by atoms with Crippen LogP contribution in [0.15, 0.2) is 22.7 Å². The molecule has 0 bridgehead atoms. The first-order valence-corrected chi connectivity index (χ1v) is 6.55. The third-order valence-electron chi connectivity index (χ3n) is 2.72. The molecule has 3 nitrogen and oxygen atoms in total. The minimum Gasteiger partial charge on any atom is -0.492 e. The third kappa shape index (κ3) is 6.77. The van der Waals surface area contributed by atoms with Gasteiger partial charge < -0.3 is 10.1 Å². The first-order valence-electron chi connectivity index (χ1n) is 5.76. The molecule has 0 saturated carbocycles. The lowest BCUT2D eigenvalue weighted by molar-refractivity contribution is 0.191. The van der Waals surface area contributed by atoms with E-state index >= 15 is 0 Å². The summed E-state index contributed by atoms with van der Waals surface area (Å²) in [5.74, 6) is 0.295. The van der Waals surface area contributed by atoms with Crippen LogP contribution in [0, 0.1) is 5.82 Å². The summed E-state index contributed by atoms with van der Waals surface area (Å²) in [4.78, 5) is 2.34. The number of nitrogens with one attached hydrogen (secondary N) is 1. The van der Waals surface area contributed by atoms with Crippen molar-refractivity contribution in [2.24, 2.45) is 0 Å². The Morgan fingerprint density at radius 2 is 1.89 bits per heavy atom. The van der Waals surface area contributed by atoms with Crippen LogP contribution >= 0.6 is 40.7 Å². The Bertz CT molecular complexity index is 358. The lowest BCUT2D eigenvalue weighted by Gasteiger charge is -2.26. The number of hydrogen-bond donors (Lipinski definition) is 1. The molecule has 2 rings (SSSR count). The van der Waals surface area contributed by atoms with Crippen molar-refractivity contribution in [1.29, 1.82) is 0 Å². The SMILES string of the molecule is Cl.Cl.Fc1cc(Br)cc(OCCN2CCNCC2)c1. The van der Waals surface area contributed by atoms with Crippen molar-refractivity contribution in [2.75, 3.05) is 39.3 Å². The second-order valence-electron chi connectivity index (χ2n) is 4.05. The van der Waals surface area contributed by atoms with Gasteiger partial charge in [-0.2, -0.15) is 0 Å². The summed E-state index contributed by atoms with van der Waals surface area (Å²) >= 11 is 3.24. The quantitative estimate of drug-likeness (QED) is 0.875. The molecule has 0 aliphatic carbocycles. The van der Waals surface area contributed by atoms with E-state index in [0.29, 0.717) is 16.8 Å². The van der Waals surface area contributed by atoms with Crippen LogP contribution in [0.25, 0.3) is 0 Å². The summed E-state index contributed by atoms with van der Waals surface area (Å²) in [5, 5.41) is 3.30. The molecule has 0 spiro atoms. The molecule has 0 atom stereocenters. The zero-order chi connectivity index (χ0) is 12.1. The fraction of sp³-hybridized carbons (Fsp3) is 0.500. The van der Waals surface area contributed by atoms with E-state index in [-0.39, 0.29) is 30.6 Å². The highest BCUT2D eigenvalue weighted by molar-refractivity contribution is 9.10. The van der Waals surface area contributed by atoms with Crippen LogP contribution in [0.2, 0.25) is 0 Å². The molecule has 7 heteroatoms. The van der Waals surface area contributed by atoms with Crippen molar-refractivity contribution in [2.45, 2.75) is 0 Å². The maximum Gasteiger partial charge on any atom is 0.128 e. The molecule has 110 valence electrons. The van der Waals surface area contributed by atoms with E-state index in [0.717, 1.165) is 32.7 Å². The highest BCUT2D eigenvalue weighted by atomic mass is 79.9. The molecule has 1 N–H and O–H groups in total. The van der Waals surface area contributed by atoms with Gasteiger partial charge in [-0.05, 0) is 12.1 Å². The number of ether oxygens (including phenoxy) is 1. The Balaban J connectivity index is 0.00000162. The fourth-order valence-corrected chi connectivity index (χ4v) is 2.28. The van der Waals surface area contributed by atoms with Gasteiger partial charge in [0.2, 0.25) is 0 Å². The van der Waals surface area contributed by atoms with Crippen molar-refractivity contribution < 1.29 is 9.13 Å². The summed E-state index contributed by atoms with van der Waals surface area (Å²) in [7, 11) is 0. The smallest absolute Gasteiger partial charge is 0.128 e. The van der Waals surface area contributed by atoms with E-state index in [1.807, 2.05) is 0 Å². The lowest BCUT2D eigenvalue weighted by Crippen LogP contribution is -2.44. The third-order valence-corrected chi connectivity index (χ3v) is 3.18. The van der Waals surface area contributed by atoms with E-state index in [9.17, 15) is 4.39 Å². The van der Waals surface area contributed by atoms with Gasteiger partial charge in [-0.15, -0.1) is 24.8 Å². The molecular formula is C12H18BrCl2FN2O. The van der Waals surface area contributed by atoms with E-state index in [1.54, 1.807) is 6.07 Å². The number of hydrogen-bond acceptors (Lipinski definition) is 3. The predicted octanol–water partition coefficient (Wildman–Crippen LogP) is 2.72. The molecule has 0 unspecified atom stereocenters. The van der Waals surface area contributed by atoms with E-state index in [1.165, 1.54) is 12.1 Å². The van der Waals surface area contributed by atoms with Crippen LogP contribution in [0.3, 0.4) is 0 Å². The molecule has 19 heavy (non-hydrogen) atoms. The van der Waals surface area contributed by atoms with Gasteiger partial charge in [0.15, 0.2) is 0 Å². The van der Waals surface area contributed by atoms with Gasteiger partial charge in [-0.3, -0.25) is 4.90 Å². The van der Waals surface area contributed by atoms with Crippen LogP contribution in [0.5, 0.6) is 5.75 Å².